The van der Waals surface area contributed by atoms with Crippen molar-refractivity contribution < 1.29 is 19.1 Å². The Bertz CT molecular complexity index is 1420. The van der Waals surface area contributed by atoms with Gasteiger partial charge in [0.1, 0.15) is 0 Å². The highest BCUT2D eigenvalue weighted by molar-refractivity contribution is 8.00. The molecule has 4 aromatic rings. The smallest absolute Gasteiger partial charge is 0.231 e. The van der Waals surface area contributed by atoms with Crippen molar-refractivity contribution in [3.8, 4) is 28.6 Å². The molecule has 1 aromatic heterocycles. The van der Waals surface area contributed by atoms with Gasteiger partial charge in [0.15, 0.2) is 28.3 Å². The second-order valence-corrected chi connectivity index (χ2v) is 9.85. The third-order valence-corrected chi connectivity index (χ3v) is 6.90. The molecular formula is C28H26N4O4S. The van der Waals surface area contributed by atoms with Crippen molar-refractivity contribution in [3.63, 3.8) is 0 Å². The number of hydrogen-bond acceptors (Lipinski definition) is 7. The van der Waals surface area contributed by atoms with Crippen LogP contribution in [0.5, 0.6) is 11.5 Å². The summed E-state index contributed by atoms with van der Waals surface area (Å²) in [5.74, 6) is 1.91. The van der Waals surface area contributed by atoms with Crippen molar-refractivity contribution in [1.29, 1.82) is 0 Å². The lowest BCUT2D eigenvalue weighted by Gasteiger charge is -2.14. The Morgan fingerprint density at radius 2 is 1.76 bits per heavy atom. The fourth-order valence-corrected chi connectivity index (χ4v) is 4.94. The minimum atomic E-state index is -0.420. The van der Waals surface area contributed by atoms with E-state index in [9.17, 15) is 9.59 Å². The Morgan fingerprint density at radius 1 is 1.00 bits per heavy atom. The van der Waals surface area contributed by atoms with Gasteiger partial charge in [-0.25, -0.2) is 0 Å². The molecule has 1 aliphatic rings. The maximum atomic E-state index is 13.2. The van der Waals surface area contributed by atoms with Crippen LogP contribution in [0.15, 0.2) is 78.0 Å². The molecule has 188 valence electrons. The molecule has 8 nitrogen and oxygen atoms in total. The summed E-state index contributed by atoms with van der Waals surface area (Å²) in [5.41, 5.74) is 2.95. The molecular weight excluding hydrogens is 488 g/mol. The Balaban J connectivity index is 1.39. The van der Waals surface area contributed by atoms with Gasteiger partial charge >= 0.3 is 0 Å². The van der Waals surface area contributed by atoms with Gasteiger partial charge in [-0.1, -0.05) is 36.9 Å². The van der Waals surface area contributed by atoms with Gasteiger partial charge in [-0.05, 0) is 67.9 Å². The number of nitrogens with one attached hydrogen (secondary N) is 1. The zero-order valence-electron chi connectivity index (χ0n) is 20.5. The highest BCUT2D eigenvalue weighted by atomic mass is 32.2. The quantitative estimate of drug-likeness (QED) is 0.224. The van der Waals surface area contributed by atoms with Crippen LogP contribution in [0.4, 0.5) is 5.69 Å². The van der Waals surface area contributed by atoms with Crippen molar-refractivity contribution in [3.05, 3.63) is 78.4 Å². The predicted molar refractivity (Wildman–Crippen MR) is 143 cm³/mol. The van der Waals surface area contributed by atoms with Crippen molar-refractivity contribution in [2.45, 2.75) is 37.1 Å². The standard InChI is InChI=1S/C28H26N4O4S/c1-3-7-25(33)29-21-13-10-19(11-14-21)26(34)18(2)37-28-31-30-27(32(28)22-8-5-4-6-9-22)20-12-15-23-24(16-20)36-17-35-23/h4-6,8-16,18H,3,7,17H2,1-2H3,(H,29,33)/t18-/m1/s1. The topological polar surface area (TPSA) is 95.3 Å². The molecule has 0 radical (unpaired) electrons. The van der Waals surface area contributed by atoms with Crippen LogP contribution >= 0.6 is 11.8 Å². The summed E-state index contributed by atoms with van der Waals surface area (Å²) in [6.45, 7) is 4.00. The van der Waals surface area contributed by atoms with Gasteiger partial charge in [-0.2, -0.15) is 0 Å². The van der Waals surface area contributed by atoms with Crippen LogP contribution in [0.2, 0.25) is 0 Å². The molecule has 0 unspecified atom stereocenters. The number of anilines is 1. The van der Waals surface area contributed by atoms with Crippen LogP contribution in [0.1, 0.15) is 37.0 Å². The van der Waals surface area contributed by atoms with Crippen molar-refractivity contribution in [1.82, 2.24) is 14.8 Å². The summed E-state index contributed by atoms with van der Waals surface area (Å²) in [4.78, 5) is 25.1. The average molecular weight is 515 g/mol. The van der Waals surface area contributed by atoms with Gasteiger partial charge in [-0.15, -0.1) is 10.2 Å². The van der Waals surface area contributed by atoms with Crippen molar-refractivity contribution in [2.75, 3.05) is 12.1 Å². The van der Waals surface area contributed by atoms with Crippen LogP contribution < -0.4 is 14.8 Å². The molecule has 5 rings (SSSR count). The van der Waals surface area contributed by atoms with Gasteiger partial charge in [0.2, 0.25) is 12.7 Å². The number of ether oxygens (including phenoxy) is 2. The number of thioether (sulfide) groups is 1. The maximum Gasteiger partial charge on any atom is 0.231 e. The van der Waals surface area contributed by atoms with Gasteiger partial charge in [0.05, 0.1) is 5.25 Å². The SMILES string of the molecule is CCCC(=O)Nc1ccc(C(=O)[C@@H](C)Sc2nnc(-c3ccc4c(c3)OCO4)n2-c2ccccc2)cc1. The van der Waals surface area contributed by atoms with E-state index >= 15 is 0 Å². The van der Waals surface area contributed by atoms with E-state index in [0.29, 0.717) is 40.2 Å². The monoisotopic (exact) mass is 514 g/mol. The minimum absolute atomic E-state index is 0.0380. The number of ketones is 1. The largest absolute Gasteiger partial charge is 0.454 e. The first-order chi connectivity index (χ1) is 18.0. The Labute approximate surface area is 219 Å². The number of aromatic nitrogens is 3. The second kappa shape index (κ2) is 10.9. The van der Waals surface area contributed by atoms with E-state index in [1.54, 1.807) is 24.3 Å². The molecule has 1 aliphatic heterocycles. The Hall–Kier alpha value is -4.11. The summed E-state index contributed by atoms with van der Waals surface area (Å²) in [5, 5.41) is 11.9. The lowest BCUT2D eigenvalue weighted by molar-refractivity contribution is -0.116. The fraction of sp³-hybridized carbons (Fsp3) is 0.214. The van der Waals surface area contributed by atoms with E-state index in [2.05, 4.69) is 15.5 Å². The zero-order valence-corrected chi connectivity index (χ0v) is 21.3. The lowest BCUT2D eigenvalue weighted by atomic mass is 10.1. The van der Waals surface area contributed by atoms with E-state index in [0.717, 1.165) is 17.7 Å². The number of carbonyl (C=O) groups is 2. The normalized spacial score (nSPS) is 12.8. The molecule has 0 spiro atoms. The van der Waals surface area contributed by atoms with Crippen LogP contribution in [0.25, 0.3) is 17.1 Å². The van der Waals surface area contributed by atoms with E-state index in [1.165, 1.54) is 11.8 Å². The van der Waals surface area contributed by atoms with Crippen molar-refractivity contribution in [2.24, 2.45) is 0 Å². The first-order valence-corrected chi connectivity index (χ1v) is 12.9. The van der Waals surface area contributed by atoms with Crippen LogP contribution in [-0.2, 0) is 4.79 Å². The number of benzene rings is 3. The number of fused-ring (bicyclic) bond motifs is 1. The van der Waals surface area contributed by atoms with E-state index in [4.69, 9.17) is 9.47 Å². The zero-order chi connectivity index (χ0) is 25.8. The number of hydrogen-bond donors (Lipinski definition) is 1. The van der Waals surface area contributed by atoms with E-state index in [-0.39, 0.29) is 18.5 Å². The number of rotatable bonds is 9. The van der Waals surface area contributed by atoms with Gasteiger partial charge in [-0.3, -0.25) is 14.2 Å². The molecule has 3 aromatic carbocycles. The summed E-state index contributed by atoms with van der Waals surface area (Å²) >= 11 is 1.34. The summed E-state index contributed by atoms with van der Waals surface area (Å²) < 4.78 is 12.9. The Kier molecular flexibility index (Phi) is 7.23. The summed E-state index contributed by atoms with van der Waals surface area (Å²) in [7, 11) is 0. The average Bonchev–Trinajstić information content (AvgIpc) is 3.56. The molecule has 1 atom stereocenters. The molecule has 0 aliphatic carbocycles. The summed E-state index contributed by atoms with van der Waals surface area (Å²) in [6.07, 6.45) is 1.24. The number of para-hydroxylation sites is 1. The molecule has 1 N–H and O–H groups in total. The lowest BCUT2D eigenvalue weighted by Crippen LogP contribution is -2.15. The number of Topliss-reactive ketones (excluding diaryl/α,β-unsaturated/α-hetero) is 1. The van der Waals surface area contributed by atoms with Crippen LogP contribution in [-0.4, -0.2) is 38.5 Å². The van der Waals surface area contributed by atoms with E-state index in [1.807, 2.05) is 66.9 Å². The van der Waals surface area contributed by atoms with Gasteiger partial charge in [0.25, 0.3) is 0 Å². The van der Waals surface area contributed by atoms with Crippen LogP contribution in [0.3, 0.4) is 0 Å². The Morgan fingerprint density at radius 3 is 2.51 bits per heavy atom. The molecule has 0 bridgehead atoms. The second-order valence-electron chi connectivity index (χ2n) is 8.55. The number of amides is 1. The maximum absolute atomic E-state index is 13.2. The first kappa shape index (κ1) is 24.6. The molecule has 2 heterocycles. The summed E-state index contributed by atoms with van der Waals surface area (Å²) in [6, 6.07) is 22.4. The van der Waals surface area contributed by atoms with Crippen LogP contribution in [0, 0.1) is 0 Å². The predicted octanol–water partition coefficient (Wildman–Crippen LogP) is 5.77. The number of carbonyl (C=O) groups excluding carboxylic acids is 2. The third-order valence-electron chi connectivity index (χ3n) is 5.86. The molecule has 1 amide bonds. The molecule has 9 heteroatoms. The van der Waals surface area contributed by atoms with E-state index < -0.39 is 5.25 Å². The minimum Gasteiger partial charge on any atom is -0.454 e. The first-order valence-electron chi connectivity index (χ1n) is 12.0. The third kappa shape index (κ3) is 5.36. The van der Waals surface area contributed by atoms with Crippen molar-refractivity contribution >= 4 is 29.1 Å². The highest BCUT2D eigenvalue weighted by Gasteiger charge is 2.24. The molecule has 0 saturated heterocycles. The highest BCUT2D eigenvalue weighted by Crippen LogP contribution is 2.37. The van der Waals surface area contributed by atoms with Gasteiger partial charge < -0.3 is 14.8 Å². The molecule has 0 saturated carbocycles. The van der Waals surface area contributed by atoms with Gasteiger partial charge in [0, 0.05) is 28.9 Å². The molecule has 37 heavy (non-hydrogen) atoms. The number of nitrogens with zero attached hydrogens (tertiary/aromatic N) is 3. The molecule has 0 fully saturated rings. The fourth-order valence-electron chi connectivity index (χ4n) is 3.99.